The van der Waals surface area contributed by atoms with Crippen LogP contribution in [-0.2, 0) is 11.3 Å². The molecule has 1 aromatic rings. The third-order valence-electron chi connectivity index (χ3n) is 1.53. The maximum absolute atomic E-state index is 11.2. The minimum atomic E-state index is -0.487. The first kappa shape index (κ1) is 12.9. The lowest BCUT2D eigenvalue weighted by atomic mass is 10.2. The van der Waals surface area contributed by atoms with E-state index in [2.05, 4.69) is 15.8 Å². The molecular formula is C10H17N3O2S. The number of carbonyl (C=O) groups is 1. The number of nitrogens with one attached hydrogen (secondary N) is 2. The third kappa shape index (κ3) is 5.09. The Morgan fingerprint density at radius 1 is 1.56 bits per heavy atom. The van der Waals surface area contributed by atoms with Crippen LogP contribution in [0.4, 0.5) is 4.79 Å². The summed E-state index contributed by atoms with van der Waals surface area (Å²) in [5.41, 5.74) is 5.63. The molecule has 1 amide bonds. The maximum atomic E-state index is 11.2. The molecule has 0 bridgehead atoms. The maximum Gasteiger partial charge on any atom is 0.422 e. The molecular weight excluding hydrogens is 226 g/mol. The van der Waals surface area contributed by atoms with E-state index in [1.165, 1.54) is 0 Å². The first-order chi connectivity index (χ1) is 7.37. The van der Waals surface area contributed by atoms with Crippen LogP contribution in [-0.4, -0.2) is 16.7 Å². The second-order valence-corrected chi connectivity index (χ2v) is 5.40. The van der Waals surface area contributed by atoms with E-state index in [-0.39, 0.29) is 0 Å². The molecule has 90 valence electrons. The molecule has 16 heavy (non-hydrogen) atoms. The quantitative estimate of drug-likeness (QED) is 0.797. The van der Waals surface area contributed by atoms with E-state index < -0.39 is 11.7 Å². The Hall–Kier alpha value is -1.14. The monoisotopic (exact) mass is 243 g/mol. The number of nitrogens with zero attached hydrogens (tertiary/aromatic N) is 1. The topological polar surface area (TPSA) is 63.2 Å². The van der Waals surface area contributed by atoms with Crippen LogP contribution < -0.4 is 10.9 Å². The molecule has 0 saturated carbocycles. The highest BCUT2D eigenvalue weighted by Crippen LogP contribution is 2.07. The van der Waals surface area contributed by atoms with E-state index in [9.17, 15) is 4.79 Å². The molecule has 0 aliphatic heterocycles. The minimum absolute atomic E-state index is 0.483. The van der Waals surface area contributed by atoms with Crippen molar-refractivity contribution in [1.29, 1.82) is 0 Å². The first-order valence-corrected chi connectivity index (χ1v) is 5.87. The molecule has 2 N–H and O–H groups in total. The molecule has 0 atom stereocenters. The van der Waals surface area contributed by atoms with Crippen molar-refractivity contribution in [1.82, 2.24) is 15.8 Å². The zero-order valence-corrected chi connectivity index (χ0v) is 10.8. The number of ether oxygens (including phenoxy) is 1. The predicted octanol–water partition coefficient (Wildman–Crippen LogP) is 1.98. The molecule has 1 aromatic heterocycles. The summed E-state index contributed by atoms with van der Waals surface area (Å²) < 4.78 is 5.05. The highest BCUT2D eigenvalue weighted by atomic mass is 32.1. The highest BCUT2D eigenvalue weighted by Gasteiger charge is 2.15. The van der Waals surface area contributed by atoms with Gasteiger partial charge in [0.15, 0.2) is 0 Å². The molecule has 0 aromatic carbocycles. The normalized spacial score (nSPS) is 11.2. The molecule has 0 saturated heterocycles. The van der Waals surface area contributed by atoms with Gasteiger partial charge in [-0.25, -0.2) is 15.2 Å². The Bertz CT molecular complexity index is 357. The van der Waals surface area contributed by atoms with Crippen LogP contribution in [0.5, 0.6) is 0 Å². The zero-order valence-electron chi connectivity index (χ0n) is 9.96. The number of amides is 1. The second-order valence-electron chi connectivity index (χ2n) is 4.34. The molecule has 6 heteroatoms. The summed E-state index contributed by atoms with van der Waals surface area (Å²) in [5, 5.41) is 2.95. The van der Waals surface area contributed by atoms with Gasteiger partial charge in [-0.3, -0.25) is 5.43 Å². The molecule has 0 aliphatic rings. The number of carbonyl (C=O) groups excluding carboxylic acids is 1. The summed E-state index contributed by atoms with van der Waals surface area (Å²) in [4.78, 5) is 15.5. The van der Waals surface area contributed by atoms with Crippen molar-refractivity contribution in [3.05, 3.63) is 16.1 Å². The standard InChI is InChI=1S/C10H17N3O2S/c1-7-12-8(6-16-7)5-11-13-9(14)15-10(2,3)4/h6,11H,5H2,1-4H3,(H,13,14). The van der Waals surface area contributed by atoms with Gasteiger partial charge in [0, 0.05) is 5.38 Å². The Labute approximate surface area is 99.2 Å². The van der Waals surface area contributed by atoms with Crippen molar-refractivity contribution in [2.24, 2.45) is 0 Å². The molecule has 1 rings (SSSR count). The average molecular weight is 243 g/mol. The number of thiazole rings is 1. The Kier molecular flexibility index (Phi) is 4.26. The average Bonchev–Trinajstić information content (AvgIpc) is 2.48. The lowest BCUT2D eigenvalue weighted by Crippen LogP contribution is -2.40. The lowest BCUT2D eigenvalue weighted by Gasteiger charge is -2.19. The van der Waals surface area contributed by atoms with Gasteiger partial charge in [-0.15, -0.1) is 11.3 Å². The number of hydrazine groups is 1. The SMILES string of the molecule is Cc1nc(CNNC(=O)OC(C)(C)C)cs1. The van der Waals surface area contributed by atoms with E-state index >= 15 is 0 Å². The summed E-state index contributed by atoms with van der Waals surface area (Å²) in [5.74, 6) is 0. The molecule has 0 aliphatic carbocycles. The van der Waals surface area contributed by atoms with Crippen molar-refractivity contribution in [3.63, 3.8) is 0 Å². The Morgan fingerprint density at radius 2 is 2.25 bits per heavy atom. The van der Waals surface area contributed by atoms with Crippen molar-refractivity contribution in [2.45, 2.75) is 39.8 Å². The van der Waals surface area contributed by atoms with E-state index in [1.54, 1.807) is 11.3 Å². The van der Waals surface area contributed by atoms with Crippen molar-refractivity contribution >= 4 is 17.4 Å². The van der Waals surface area contributed by atoms with Crippen LogP contribution in [0.15, 0.2) is 5.38 Å². The molecule has 0 unspecified atom stereocenters. The van der Waals surface area contributed by atoms with Crippen LogP contribution >= 0.6 is 11.3 Å². The molecule has 0 fully saturated rings. The highest BCUT2D eigenvalue weighted by molar-refractivity contribution is 7.09. The van der Waals surface area contributed by atoms with Gasteiger partial charge in [-0.1, -0.05) is 0 Å². The fourth-order valence-corrected chi connectivity index (χ4v) is 1.61. The van der Waals surface area contributed by atoms with Crippen LogP contribution in [0, 0.1) is 6.92 Å². The van der Waals surface area contributed by atoms with Crippen LogP contribution in [0.1, 0.15) is 31.5 Å². The van der Waals surface area contributed by atoms with E-state index in [0.29, 0.717) is 6.54 Å². The summed E-state index contributed by atoms with van der Waals surface area (Å²) in [6, 6.07) is 0. The van der Waals surface area contributed by atoms with Crippen molar-refractivity contribution in [3.8, 4) is 0 Å². The zero-order chi connectivity index (χ0) is 12.2. The third-order valence-corrected chi connectivity index (χ3v) is 2.35. The number of hydrogen-bond acceptors (Lipinski definition) is 5. The molecule has 5 nitrogen and oxygen atoms in total. The number of aryl methyl sites for hydroxylation is 1. The molecule has 1 heterocycles. The second kappa shape index (κ2) is 5.27. The number of aromatic nitrogens is 1. The van der Waals surface area contributed by atoms with Gasteiger partial charge in [-0.05, 0) is 27.7 Å². The first-order valence-electron chi connectivity index (χ1n) is 5.00. The van der Waals surface area contributed by atoms with E-state index in [4.69, 9.17) is 4.74 Å². The van der Waals surface area contributed by atoms with Gasteiger partial charge < -0.3 is 4.74 Å². The van der Waals surface area contributed by atoms with Crippen LogP contribution in [0.3, 0.4) is 0 Å². The minimum Gasteiger partial charge on any atom is -0.443 e. The number of hydrogen-bond donors (Lipinski definition) is 2. The molecule has 0 radical (unpaired) electrons. The fourth-order valence-electron chi connectivity index (χ4n) is 1.000. The van der Waals surface area contributed by atoms with Crippen LogP contribution in [0.25, 0.3) is 0 Å². The van der Waals surface area contributed by atoms with Gasteiger partial charge in [0.05, 0.1) is 17.2 Å². The largest absolute Gasteiger partial charge is 0.443 e. The summed E-state index contributed by atoms with van der Waals surface area (Å²) in [7, 11) is 0. The van der Waals surface area contributed by atoms with Crippen molar-refractivity contribution in [2.75, 3.05) is 0 Å². The fraction of sp³-hybridized carbons (Fsp3) is 0.600. The van der Waals surface area contributed by atoms with E-state index in [1.807, 2.05) is 33.1 Å². The van der Waals surface area contributed by atoms with Gasteiger partial charge in [0.1, 0.15) is 5.60 Å². The lowest BCUT2D eigenvalue weighted by molar-refractivity contribution is 0.0497. The van der Waals surface area contributed by atoms with Crippen molar-refractivity contribution < 1.29 is 9.53 Å². The Balaban J connectivity index is 2.23. The summed E-state index contributed by atoms with van der Waals surface area (Å²) in [6.45, 7) is 7.88. The number of rotatable bonds is 3. The summed E-state index contributed by atoms with van der Waals surface area (Å²) >= 11 is 1.58. The van der Waals surface area contributed by atoms with Crippen LogP contribution in [0.2, 0.25) is 0 Å². The predicted molar refractivity (Wildman–Crippen MR) is 63.1 cm³/mol. The van der Waals surface area contributed by atoms with Gasteiger partial charge in [0.2, 0.25) is 0 Å². The van der Waals surface area contributed by atoms with Gasteiger partial charge >= 0.3 is 6.09 Å². The molecule has 0 spiro atoms. The van der Waals surface area contributed by atoms with Gasteiger partial charge in [0.25, 0.3) is 0 Å². The smallest absolute Gasteiger partial charge is 0.422 e. The Morgan fingerprint density at radius 3 is 2.75 bits per heavy atom. The summed E-state index contributed by atoms with van der Waals surface area (Å²) in [6.07, 6.45) is -0.487. The van der Waals surface area contributed by atoms with E-state index in [0.717, 1.165) is 10.7 Å². The van der Waals surface area contributed by atoms with Gasteiger partial charge in [-0.2, -0.15) is 0 Å².